The number of para-hydroxylation sites is 1. The van der Waals surface area contributed by atoms with Crippen LogP contribution in [0.2, 0.25) is 0 Å². The number of hydrazone groups is 1. The molecule has 0 unspecified atom stereocenters. The van der Waals surface area contributed by atoms with Crippen LogP contribution < -0.4 is 10.2 Å². The molecule has 22 heavy (non-hydrogen) atoms. The molecular weight excluding hydrogens is 278 g/mol. The summed E-state index contributed by atoms with van der Waals surface area (Å²) in [6.07, 6.45) is 1.56. The average molecular weight is 293 g/mol. The quantitative estimate of drug-likeness (QED) is 0.679. The van der Waals surface area contributed by atoms with E-state index in [1.54, 1.807) is 30.5 Å². The van der Waals surface area contributed by atoms with E-state index in [1.807, 2.05) is 37.3 Å². The number of carbonyl (C=O) groups is 1. The van der Waals surface area contributed by atoms with Gasteiger partial charge in [0.1, 0.15) is 11.8 Å². The number of carbonyl (C=O) groups excluding carboxylic acids is 1. The predicted octanol–water partition coefficient (Wildman–Crippen LogP) is 2.40. The van der Waals surface area contributed by atoms with E-state index in [2.05, 4.69) is 10.5 Å². The molecule has 0 aliphatic carbocycles. The van der Waals surface area contributed by atoms with Crippen molar-refractivity contribution < 1.29 is 9.53 Å². The lowest BCUT2D eigenvalue weighted by Crippen LogP contribution is -2.24. The van der Waals surface area contributed by atoms with Crippen LogP contribution in [0.15, 0.2) is 53.6 Å². The predicted molar refractivity (Wildman–Crippen MR) is 83.6 cm³/mol. The summed E-state index contributed by atoms with van der Waals surface area (Å²) < 4.78 is 5.30. The van der Waals surface area contributed by atoms with E-state index in [-0.39, 0.29) is 6.61 Å². The number of benzene rings is 2. The van der Waals surface area contributed by atoms with E-state index in [0.717, 1.165) is 11.1 Å². The standard InChI is InChI=1S/C17H15N3O2/c1-13-6-8-14(9-7-13)11-19-20-17(21)12-22-16-5-3-2-4-15(16)10-18/h2-9,11H,12H2,1H3,(H,20,21)/b19-11+. The summed E-state index contributed by atoms with van der Waals surface area (Å²) in [5.74, 6) is -0.0150. The Morgan fingerprint density at radius 3 is 2.73 bits per heavy atom. The molecule has 110 valence electrons. The van der Waals surface area contributed by atoms with E-state index in [9.17, 15) is 4.79 Å². The number of nitrogens with one attached hydrogen (secondary N) is 1. The molecule has 2 aromatic rings. The Morgan fingerprint density at radius 2 is 2.00 bits per heavy atom. The molecule has 0 aliphatic heterocycles. The first kappa shape index (κ1) is 15.3. The Labute approximate surface area is 128 Å². The fourth-order valence-corrected chi connectivity index (χ4v) is 1.69. The number of nitrogens with zero attached hydrogens (tertiary/aromatic N) is 2. The molecule has 0 heterocycles. The lowest BCUT2D eigenvalue weighted by molar-refractivity contribution is -0.123. The van der Waals surface area contributed by atoms with Crippen LogP contribution in [0.3, 0.4) is 0 Å². The molecular formula is C17H15N3O2. The molecule has 5 nitrogen and oxygen atoms in total. The molecule has 0 atom stereocenters. The van der Waals surface area contributed by atoms with Crippen LogP contribution in [0.5, 0.6) is 5.75 Å². The van der Waals surface area contributed by atoms with Gasteiger partial charge in [0.2, 0.25) is 0 Å². The van der Waals surface area contributed by atoms with Crippen molar-refractivity contribution >= 4 is 12.1 Å². The molecule has 1 amide bonds. The second-order valence-electron chi connectivity index (χ2n) is 4.60. The second-order valence-corrected chi connectivity index (χ2v) is 4.60. The maximum atomic E-state index is 11.6. The van der Waals surface area contributed by atoms with Crippen molar-refractivity contribution in [2.45, 2.75) is 6.92 Å². The van der Waals surface area contributed by atoms with Gasteiger partial charge in [0.25, 0.3) is 5.91 Å². The average Bonchev–Trinajstić information content (AvgIpc) is 2.55. The summed E-state index contributed by atoms with van der Waals surface area (Å²) in [4.78, 5) is 11.6. The van der Waals surface area contributed by atoms with Crippen LogP contribution in [-0.2, 0) is 4.79 Å². The Kier molecular flexibility index (Phi) is 5.27. The largest absolute Gasteiger partial charge is 0.482 e. The topological polar surface area (TPSA) is 74.5 Å². The third-order valence-corrected chi connectivity index (χ3v) is 2.85. The van der Waals surface area contributed by atoms with Crippen LogP contribution in [0.25, 0.3) is 0 Å². The minimum atomic E-state index is -0.392. The Morgan fingerprint density at radius 1 is 1.27 bits per heavy atom. The van der Waals surface area contributed by atoms with Gasteiger partial charge < -0.3 is 4.74 Å². The second kappa shape index (κ2) is 7.60. The molecule has 5 heteroatoms. The molecule has 0 radical (unpaired) electrons. The van der Waals surface area contributed by atoms with Crippen molar-refractivity contribution in [3.63, 3.8) is 0 Å². The number of aryl methyl sites for hydroxylation is 1. The van der Waals surface area contributed by atoms with Gasteiger partial charge in [-0.05, 0) is 24.6 Å². The van der Waals surface area contributed by atoms with Gasteiger partial charge in [0.15, 0.2) is 6.61 Å². The molecule has 0 fully saturated rings. The molecule has 0 aliphatic rings. The van der Waals surface area contributed by atoms with Crippen molar-refractivity contribution in [1.82, 2.24) is 5.43 Å². The maximum Gasteiger partial charge on any atom is 0.277 e. The highest BCUT2D eigenvalue weighted by Gasteiger charge is 2.05. The summed E-state index contributed by atoms with van der Waals surface area (Å²) in [6, 6.07) is 16.5. The van der Waals surface area contributed by atoms with Gasteiger partial charge in [-0.1, -0.05) is 42.0 Å². The van der Waals surface area contributed by atoms with Gasteiger partial charge in [-0.2, -0.15) is 10.4 Å². The normalized spacial score (nSPS) is 10.2. The number of rotatable bonds is 5. The summed E-state index contributed by atoms with van der Waals surface area (Å²) >= 11 is 0. The van der Waals surface area contributed by atoms with E-state index >= 15 is 0 Å². The zero-order chi connectivity index (χ0) is 15.8. The van der Waals surface area contributed by atoms with Gasteiger partial charge in [0.05, 0.1) is 11.8 Å². The van der Waals surface area contributed by atoms with E-state index in [4.69, 9.17) is 10.00 Å². The maximum absolute atomic E-state index is 11.6. The first-order valence-corrected chi connectivity index (χ1v) is 6.69. The first-order valence-electron chi connectivity index (χ1n) is 6.69. The molecule has 0 bridgehead atoms. The Bertz CT molecular complexity index is 715. The smallest absolute Gasteiger partial charge is 0.277 e. The van der Waals surface area contributed by atoms with Crippen LogP contribution in [0.4, 0.5) is 0 Å². The highest BCUT2D eigenvalue weighted by Crippen LogP contribution is 2.16. The minimum Gasteiger partial charge on any atom is -0.482 e. The molecule has 1 N–H and O–H groups in total. The molecule has 2 aromatic carbocycles. The fourth-order valence-electron chi connectivity index (χ4n) is 1.69. The monoisotopic (exact) mass is 293 g/mol. The molecule has 0 aromatic heterocycles. The summed E-state index contributed by atoms with van der Waals surface area (Å²) in [7, 11) is 0. The SMILES string of the molecule is Cc1ccc(/C=N/NC(=O)COc2ccccc2C#N)cc1. The summed E-state index contributed by atoms with van der Waals surface area (Å²) in [5, 5.41) is 12.8. The van der Waals surface area contributed by atoms with Gasteiger partial charge in [-0.15, -0.1) is 0 Å². The lowest BCUT2D eigenvalue weighted by Gasteiger charge is -2.06. The van der Waals surface area contributed by atoms with Gasteiger partial charge in [0, 0.05) is 0 Å². The molecule has 2 rings (SSSR count). The van der Waals surface area contributed by atoms with Crippen molar-refractivity contribution in [3.05, 3.63) is 65.2 Å². The highest BCUT2D eigenvalue weighted by atomic mass is 16.5. The highest BCUT2D eigenvalue weighted by molar-refractivity contribution is 5.82. The lowest BCUT2D eigenvalue weighted by atomic mass is 10.2. The van der Waals surface area contributed by atoms with Crippen molar-refractivity contribution in [2.75, 3.05) is 6.61 Å². The van der Waals surface area contributed by atoms with E-state index in [1.165, 1.54) is 0 Å². The van der Waals surface area contributed by atoms with Gasteiger partial charge >= 0.3 is 0 Å². The van der Waals surface area contributed by atoms with Crippen molar-refractivity contribution in [3.8, 4) is 11.8 Å². The zero-order valence-corrected chi connectivity index (χ0v) is 12.1. The minimum absolute atomic E-state index is 0.204. The zero-order valence-electron chi connectivity index (χ0n) is 12.1. The molecule has 0 saturated heterocycles. The van der Waals surface area contributed by atoms with Crippen molar-refractivity contribution in [1.29, 1.82) is 5.26 Å². The Hall–Kier alpha value is -3.13. The number of hydrogen-bond donors (Lipinski definition) is 1. The van der Waals surface area contributed by atoms with Gasteiger partial charge in [-0.25, -0.2) is 5.43 Å². The number of ether oxygens (including phenoxy) is 1. The van der Waals surface area contributed by atoms with Crippen molar-refractivity contribution in [2.24, 2.45) is 5.10 Å². The third-order valence-electron chi connectivity index (χ3n) is 2.85. The number of nitriles is 1. The first-order chi connectivity index (χ1) is 10.7. The third kappa shape index (κ3) is 4.46. The van der Waals surface area contributed by atoms with Crippen LogP contribution in [0, 0.1) is 18.3 Å². The van der Waals surface area contributed by atoms with E-state index in [0.29, 0.717) is 11.3 Å². The van der Waals surface area contributed by atoms with Gasteiger partial charge in [-0.3, -0.25) is 4.79 Å². The molecule has 0 spiro atoms. The van der Waals surface area contributed by atoms with Crippen LogP contribution >= 0.6 is 0 Å². The van der Waals surface area contributed by atoms with E-state index < -0.39 is 5.91 Å². The summed E-state index contributed by atoms with van der Waals surface area (Å²) in [5.41, 5.74) is 4.81. The summed E-state index contributed by atoms with van der Waals surface area (Å²) in [6.45, 7) is 1.79. The van der Waals surface area contributed by atoms with Crippen LogP contribution in [0.1, 0.15) is 16.7 Å². The number of amides is 1. The van der Waals surface area contributed by atoms with Crippen LogP contribution in [-0.4, -0.2) is 18.7 Å². The molecule has 0 saturated carbocycles. The number of hydrogen-bond acceptors (Lipinski definition) is 4. The Balaban J connectivity index is 1.83. The fraction of sp³-hybridized carbons (Fsp3) is 0.118.